The van der Waals surface area contributed by atoms with Crippen LogP contribution in [0.25, 0.3) is 21.1 Å². The highest BCUT2D eigenvalue weighted by molar-refractivity contribution is 7.17. The second kappa shape index (κ2) is 8.10. The molecule has 0 amide bonds. The van der Waals surface area contributed by atoms with E-state index >= 15 is 0 Å². The lowest BCUT2D eigenvalue weighted by Crippen LogP contribution is -2.12. The van der Waals surface area contributed by atoms with Crippen molar-refractivity contribution in [2.24, 2.45) is 7.05 Å². The zero-order chi connectivity index (χ0) is 20.5. The van der Waals surface area contributed by atoms with Gasteiger partial charge in [0.2, 0.25) is 0 Å². The molecule has 0 fully saturated rings. The van der Waals surface area contributed by atoms with Crippen molar-refractivity contribution >= 4 is 50.0 Å². The van der Waals surface area contributed by atoms with E-state index in [1.54, 1.807) is 30.0 Å². The number of aromatic nitrogens is 3. The lowest BCUT2D eigenvalue weighted by Gasteiger charge is -2.20. The molecule has 1 N–H and O–H groups in total. The number of aryl methyl sites for hydroxylation is 1. The first-order valence-corrected chi connectivity index (χ1v) is 10.5. The van der Waals surface area contributed by atoms with E-state index in [9.17, 15) is 9.90 Å². The summed E-state index contributed by atoms with van der Waals surface area (Å²) in [6.07, 6.45) is 0.139. The molecule has 0 saturated heterocycles. The summed E-state index contributed by atoms with van der Waals surface area (Å²) >= 11 is 8.30. The minimum atomic E-state index is -0.331. The average molecular weight is 430 g/mol. The van der Waals surface area contributed by atoms with Crippen molar-refractivity contribution < 1.29 is 14.6 Å². The summed E-state index contributed by atoms with van der Waals surface area (Å²) in [5, 5.41) is 21.6. The molecule has 0 unspecified atom stereocenters. The van der Waals surface area contributed by atoms with Crippen LogP contribution >= 0.6 is 22.9 Å². The molecule has 4 rings (SSSR count). The van der Waals surface area contributed by atoms with Gasteiger partial charge in [0, 0.05) is 17.7 Å². The number of hydrogen-bond donors (Lipinski definition) is 1. The van der Waals surface area contributed by atoms with Crippen molar-refractivity contribution in [3.8, 4) is 0 Å². The zero-order valence-electron chi connectivity index (χ0n) is 16.1. The molecular weight excluding hydrogens is 410 g/mol. The molecular formula is C21H20ClN3O3S. The number of aliphatic hydroxyl groups excluding tert-OH is 1. The summed E-state index contributed by atoms with van der Waals surface area (Å²) in [4.78, 5) is 12.4. The van der Waals surface area contributed by atoms with Gasteiger partial charge in [-0.05, 0) is 52.6 Å². The monoisotopic (exact) mass is 429 g/mol. The Morgan fingerprint density at radius 1 is 1.34 bits per heavy atom. The second-order valence-electron chi connectivity index (χ2n) is 6.79. The summed E-state index contributed by atoms with van der Waals surface area (Å²) in [6.45, 7) is 2.02. The fourth-order valence-corrected chi connectivity index (χ4v) is 4.87. The van der Waals surface area contributed by atoms with Crippen LogP contribution in [0.2, 0.25) is 5.02 Å². The maximum atomic E-state index is 12.4. The Morgan fingerprint density at radius 2 is 2.17 bits per heavy atom. The highest BCUT2D eigenvalue weighted by Crippen LogP contribution is 2.39. The number of rotatable bonds is 6. The van der Waals surface area contributed by atoms with E-state index in [4.69, 9.17) is 16.3 Å². The van der Waals surface area contributed by atoms with Gasteiger partial charge < -0.3 is 9.84 Å². The lowest BCUT2D eigenvalue weighted by atomic mass is 9.86. The van der Waals surface area contributed by atoms with Crippen molar-refractivity contribution in [2.45, 2.75) is 25.9 Å². The summed E-state index contributed by atoms with van der Waals surface area (Å²) in [5.41, 5.74) is 3.93. The van der Waals surface area contributed by atoms with Crippen molar-refractivity contribution in [2.75, 3.05) is 6.61 Å². The Morgan fingerprint density at radius 3 is 2.93 bits per heavy atom. The van der Waals surface area contributed by atoms with Gasteiger partial charge in [0.05, 0.1) is 30.2 Å². The van der Waals surface area contributed by atoms with Crippen LogP contribution in [-0.4, -0.2) is 32.7 Å². The van der Waals surface area contributed by atoms with Crippen molar-refractivity contribution in [1.82, 2.24) is 15.0 Å². The van der Waals surface area contributed by atoms with Crippen LogP contribution in [0.5, 0.6) is 0 Å². The molecule has 0 saturated carbocycles. The van der Waals surface area contributed by atoms with Crippen LogP contribution in [-0.2, 0) is 23.2 Å². The second-order valence-corrected chi connectivity index (χ2v) is 8.08. The summed E-state index contributed by atoms with van der Waals surface area (Å²) < 4.78 is 7.92. The highest BCUT2D eigenvalue weighted by Gasteiger charge is 2.25. The predicted octanol–water partition coefficient (Wildman–Crippen LogP) is 4.41. The van der Waals surface area contributed by atoms with Gasteiger partial charge in [-0.15, -0.1) is 16.4 Å². The van der Waals surface area contributed by atoms with Crippen molar-refractivity contribution in [3.05, 3.63) is 57.4 Å². The van der Waals surface area contributed by atoms with Crippen LogP contribution in [0.1, 0.15) is 36.0 Å². The largest absolute Gasteiger partial charge is 0.466 e. The van der Waals surface area contributed by atoms with Crippen molar-refractivity contribution in [1.29, 1.82) is 0 Å². The number of halogens is 1. The van der Waals surface area contributed by atoms with E-state index in [1.165, 1.54) is 0 Å². The maximum absolute atomic E-state index is 12.4. The molecule has 0 bridgehead atoms. The minimum Gasteiger partial charge on any atom is -0.466 e. The average Bonchev–Trinajstić information content (AvgIpc) is 3.33. The van der Waals surface area contributed by atoms with Crippen LogP contribution in [0, 0.1) is 0 Å². The normalized spacial score (nSPS) is 12.6. The molecule has 0 aliphatic heterocycles. The van der Waals surface area contributed by atoms with Gasteiger partial charge in [-0.2, -0.15) is 0 Å². The third kappa shape index (κ3) is 3.61. The zero-order valence-corrected chi connectivity index (χ0v) is 17.6. The quantitative estimate of drug-likeness (QED) is 0.459. The van der Waals surface area contributed by atoms with Crippen LogP contribution < -0.4 is 0 Å². The summed E-state index contributed by atoms with van der Waals surface area (Å²) in [6, 6.07) is 9.82. The third-order valence-electron chi connectivity index (χ3n) is 5.03. The number of hydrogen-bond acceptors (Lipinski definition) is 6. The van der Waals surface area contributed by atoms with Gasteiger partial charge in [-0.1, -0.05) is 28.9 Å². The Hall–Kier alpha value is -2.48. The fourth-order valence-electron chi connectivity index (χ4n) is 3.65. The first kappa shape index (κ1) is 19.8. The Balaban J connectivity index is 1.88. The molecule has 0 aliphatic rings. The van der Waals surface area contributed by atoms with Gasteiger partial charge in [0.1, 0.15) is 5.52 Å². The lowest BCUT2D eigenvalue weighted by molar-refractivity contribution is -0.143. The number of carbonyl (C=O) groups excluding carboxylic acids is 1. The van der Waals surface area contributed by atoms with Gasteiger partial charge in [-0.3, -0.25) is 4.79 Å². The molecule has 29 heavy (non-hydrogen) atoms. The molecule has 4 aromatic rings. The molecule has 2 heterocycles. The summed E-state index contributed by atoms with van der Waals surface area (Å²) in [5.74, 6) is -0.633. The van der Waals surface area contributed by atoms with Crippen molar-refractivity contribution in [3.63, 3.8) is 0 Å². The number of fused-ring (bicyclic) bond motifs is 2. The van der Waals surface area contributed by atoms with E-state index in [-0.39, 0.29) is 24.9 Å². The highest BCUT2D eigenvalue weighted by atomic mass is 35.5. The maximum Gasteiger partial charge on any atom is 0.306 e. The molecule has 0 radical (unpaired) electrons. The molecule has 6 nitrogen and oxygen atoms in total. The fraction of sp³-hybridized carbons (Fsp3) is 0.286. The number of esters is 1. The van der Waals surface area contributed by atoms with Gasteiger partial charge in [0.25, 0.3) is 0 Å². The van der Waals surface area contributed by atoms with Crippen LogP contribution in [0.3, 0.4) is 0 Å². The minimum absolute atomic E-state index is 0.0755. The van der Waals surface area contributed by atoms with Crippen LogP contribution in [0.15, 0.2) is 35.7 Å². The standard InChI is InChI=1S/C21H20ClN3O3S/c1-3-28-18(27)10-16(13-8-12-6-7-29-21(12)14(9-13)11-26)15-4-5-17-20(19(15)22)23-24-25(17)2/h4-9,16,26H,3,10-11H2,1-2H3/t16-/m1/s1. The first-order valence-electron chi connectivity index (χ1n) is 9.27. The number of benzene rings is 2. The number of ether oxygens (including phenoxy) is 1. The SMILES string of the molecule is CCOC(=O)C[C@H](c1cc(CO)c2sccc2c1)c1ccc2c(nnn2C)c1Cl. The Labute approximate surface area is 176 Å². The molecule has 8 heteroatoms. The number of thiophene rings is 1. The smallest absolute Gasteiger partial charge is 0.306 e. The van der Waals surface area contributed by atoms with Gasteiger partial charge in [-0.25, -0.2) is 4.68 Å². The topological polar surface area (TPSA) is 77.2 Å². The third-order valence-corrected chi connectivity index (χ3v) is 6.43. The van der Waals surface area contributed by atoms with Gasteiger partial charge in [0.15, 0.2) is 0 Å². The molecule has 0 aliphatic carbocycles. The van der Waals surface area contributed by atoms with Gasteiger partial charge >= 0.3 is 5.97 Å². The predicted molar refractivity (Wildman–Crippen MR) is 114 cm³/mol. The van der Waals surface area contributed by atoms with E-state index < -0.39 is 0 Å². The molecule has 1 atom stereocenters. The molecule has 0 spiro atoms. The number of carbonyl (C=O) groups is 1. The Bertz CT molecular complexity index is 1200. The first-order chi connectivity index (χ1) is 14.0. The molecule has 2 aromatic carbocycles. The van der Waals surface area contributed by atoms with E-state index in [2.05, 4.69) is 10.3 Å². The van der Waals surface area contributed by atoms with Crippen LogP contribution in [0.4, 0.5) is 0 Å². The number of aliphatic hydroxyl groups is 1. The molecule has 150 valence electrons. The van der Waals surface area contributed by atoms with E-state index in [0.717, 1.165) is 32.3 Å². The molecule has 2 aromatic heterocycles. The number of nitrogens with zero attached hydrogens (tertiary/aromatic N) is 3. The summed E-state index contributed by atoms with van der Waals surface area (Å²) in [7, 11) is 1.81. The van der Waals surface area contributed by atoms with E-state index in [1.807, 2.05) is 35.7 Å². The Kier molecular flexibility index (Phi) is 5.54. The van der Waals surface area contributed by atoms with E-state index in [0.29, 0.717) is 17.1 Å².